The van der Waals surface area contributed by atoms with E-state index in [1.807, 2.05) is 0 Å². The lowest BCUT2D eigenvalue weighted by molar-refractivity contribution is -0.121. The molecule has 2 aromatic carbocycles. The van der Waals surface area contributed by atoms with E-state index in [1.165, 1.54) is 37.0 Å². The fourth-order valence-electron chi connectivity index (χ4n) is 5.38. The Kier molecular flexibility index (Phi) is 8.21. The van der Waals surface area contributed by atoms with Crippen molar-refractivity contribution >= 4 is 23.0 Å². The number of benzene rings is 2. The number of nitrogens with two attached hydrogens (primary N) is 1. The average molecular weight is 489 g/mol. The second kappa shape index (κ2) is 11.3. The van der Waals surface area contributed by atoms with Crippen LogP contribution in [0.2, 0.25) is 0 Å². The minimum atomic E-state index is -4.31. The van der Waals surface area contributed by atoms with E-state index in [9.17, 15) is 18.0 Å². The Hall–Kier alpha value is -2.74. The Morgan fingerprint density at radius 1 is 0.971 bits per heavy atom. The summed E-state index contributed by atoms with van der Waals surface area (Å²) in [5.41, 5.74) is 7.69. The van der Waals surface area contributed by atoms with E-state index in [0.717, 1.165) is 25.6 Å². The largest absolute Gasteiger partial charge is 0.405 e. The maximum absolute atomic E-state index is 13.5. The number of hydrogen-bond donors (Lipinski definition) is 2. The second-order valence-electron chi connectivity index (χ2n) is 9.87. The van der Waals surface area contributed by atoms with Gasteiger partial charge < -0.3 is 20.9 Å². The number of likely N-dealkylation sites (tertiary alicyclic amines) is 1. The molecule has 4 rings (SSSR count). The highest BCUT2D eigenvalue weighted by atomic mass is 19.4. The number of halogens is 3. The van der Waals surface area contributed by atoms with E-state index >= 15 is 0 Å². The Balaban J connectivity index is 1.40. The van der Waals surface area contributed by atoms with Crippen molar-refractivity contribution in [2.24, 2.45) is 5.92 Å². The van der Waals surface area contributed by atoms with Gasteiger partial charge in [-0.05, 0) is 68.0 Å². The molecule has 5 nitrogen and oxygen atoms in total. The topological polar surface area (TPSA) is 61.6 Å². The third-order valence-corrected chi connectivity index (χ3v) is 7.26. The summed E-state index contributed by atoms with van der Waals surface area (Å²) in [7, 11) is 0. The van der Waals surface area contributed by atoms with Crippen molar-refractivity contribution < 1.29 is 18.0 Å². The number of nitrogens with one attached hydrogen (secondary N) is 1. The normalized spacial score (nSPS) is 18.4. The monoisotopic (exact) mass is 488 g/mol. The maximum atomic E-state index is 13.5. The summed E-state index contributed by atoms with van der Waals surface area (Å²) in [6.07, 6.45) is 3.58. The van der Waals surface area contributed by atoms with Crippen LogP contribution in [0.1, 0.15) is 55.3 Å². The minimum Gasteiger partial charge on any atom is -0.397 e. The Labute approximate surface area is 205 Å². The van der Waals surface area contributed by atoms with Gasteiger partial charge in [-0.1, -0.05) is 31.4 Å². The van der Waals surface area contributed by atoms with Crippen LogP contribution in [0, 0.1) is 5.92 Å². The molecule has 0 atom stereocenters. The highest BCUT2D eigenvalue weighted by molar-refractivity contribution is 6.05. The average Bonchev–Trinajstić information content (AvgIpc) is 2.85. The standard InChI is InChI=1S/C27H35F3N4O/c28-27(29,30)19-34(23-14-16-33(17-15-23)18-20-6-2-1-3-7-20)22-12-10-21(11-13-22)26(35)32-25-9-5-4-8-24(25)31/h4-5,8-13,20,23H,1-3,6-7,14-19,31H2,(H,32,35). The summed E-state index contributed by atoms with van der Waals surface area (Å²) >= 11 is 0. The number of carbonyl (C=O) groups excluding carboxylic acids is 1. The number of carbonyl (C=O) groups is 1. The van der Waals surface area contributed by atoms with Gasteiger partial charge in [-0.15, -0.1) is 0 Å². The van der Waals surface area contributed by atoms with E-state index < -0.39 is 12.7 Å². The van der Waals surface area contributed by atoms with Crippen molar-refractivity contribution in [2.75, 3.05) is 42.1 Å². The van der Waals surface area contributed by atoms with Crippen LogP contribution in [0.25, 0.3) is 0 Å². The summed E-state index contributed by atoms with van der Waals surface area (Å²) in [5.74, 6) is 0.379. The molecule has 0 aromatic heterocycles. The number of anilines is 3. The highest BCUT2D eigenvalue weighted by Gasteiger charge is 2.35. The first-order valence-electron chi connectivity index (χ1n) is 12.6. The van der Waals surface area contributed by atoms with Gasteiger partial charge >= 0.3 is 6.18 Å². The van der Waals surface area contributed by atoms with E-state index in [1.54, 1.807) is 48.5 Å². The van der Waals surface area contributed by atoms with Gasteiger partial charge in [-0.2, -0.15) is 13.2 Å². The first-order chi connectivity index (χ1) is 16.8. The molecule has 1 aliphatic carbocycles. The number of nitrogens with zero attached hydrogens (tertiary/aromatic N) is 2. The molecule has 2 aliphatic rings. The van der Waals surface area contributed by atoms with Crippen molar-refractivity contribution in [3.8, 4) is 0 Å². The molecular weight excluding hydrogens is 453 g/mol. The van der Waals surface area contributed by atoms with E-state index in [0.29, 0.717) is 35.5 Å². The molecule has 35 heavy (non-hydrogen) atoms. The summed E-state index contributed by atoms with van der Waals surface area (Å²) in [6.45, 7) is 1.73. The SMILES string of the molecule is Nc1ccccc1NC(=O)c1ccc(N(CC(F)(F)F)C2CCN(CC3CCCCC3)CC2)cc1. The molecule has 1 aliphatic heterocycles. The summed E-state index contributed by atoms with van der Waals surface area (Å²) < 4.78 is 40.5. The summed E-state index contributed by atoms with van der Waals surface area (Å²) in [6, 6.07) is 13.1. The minimum absolute atomic E-state index is 0.178. The predicted molar refractivity (Wildman–Crippen MR) is 135 cm³/mol. The molecule has 0 radical (unpaired) electrons. The molecule has 1 heterocycles. The molecule has 190 valence electrons. The molecule has 8 heteroatoms. The molecule has 2 fully saturated rings. The van der Waals surface area contributed by atoms with Crippen molar-refractivity contribution in [1.29, 1.82) is 0 Å². The third kappa shape index (κ3) is 7.13. The molecule has 0 unspecified atom stereocenters. The maximum Gasteiger partial charge on any atom is 0.405 e. The van der Waals surface area contributed by atoms with E-state index in [4.69, 9.17) is 5.73 Å². The number of nitrogen functional groups attached to an aromatic ring is 1. The lowest BCUT2D eigenvalue weighted by atomic mass is 9.88. The predicted octanol–water partition coefficient (Wildman–Crippen LogP) is 5.93. The van der Waals surface area contributed by atoms with Crippen LogP contribution in [0.3, 0.4) is 0 Å². The smallest absolute Gasteiger partial charge is 0.397 e. The van der Waals surface area contributed by atoms with Crippen molar-refractivity contribution in [3.63, 3.8) is 0 Å². The zero-order valence-corrected chi connectivity index (χ0v) is 20.1. The zero-order chi connectivity index (χ0) is 24.8. The molecule has 1 amide bonds. The summed E-state index contributed by atoms with van der Waals surface area (Å²) in [4.78, 5) is 16.5. The third-order valence-electron chi connectivity index (χ3n) is 7.26. The van der Waals surface area contributed by atoms with Crippen LogP contribution in [-0.2, 0) is 0 Å². The van der Waals surface area contributed by atoms with Crippen molar-refractivity contribution in [1.82, 2.24) is 4.90 Å². The van der Waals surface area contributed by atoms with Gasteiger partial charge in [0, 0.05) is 36.9 Å². The Morgan fingerprint density at radius 3 is 2.26 bits per heavy atom. The van der Waals surface area contributed by atoms with Gasteiger partial charge in [0.05, 0.1) is 11.4 Å². The number of alkyl halides is 3. The molecule has 0 bridgehead atoms. The van der Waals surface area contributed by atoms with Gasteiger partial charge in [0.2, 0.25) is 0 Å². The molecule has 0 spiro atoms. The van der Waals surface area contributed by atoms with Gasteiger partial charge in [-0.3, -0.25) is 4.79 Å². The fourth-order valence-corrected chi connectivity index (χ4v) is 5.38. The van der Waals surface area contributed by atoms with Gasteiger partial charge in [0.15, 0.2) is 0 Å². The number of para-hydroxylation sites is 2. The molecule has 2 aromatic rings. The first-order valence-corrected chi connectivity index (χ1v) is 12.6. The van der Waals surface area contributed by atoms with Gasteiger partial charge in [0.1, 0.15) is 6.54 Å². The van der Waals surface area contributed by atoms with Crippen LogP contribution < -0.4 is 16.0 Å². The van der Waals surface area contributed by atoms with Crippen LogP contribution in [0.15, 0.2) is 48.5 Å². The Bertz CT molecular complexity index is 965. The molecule has 1 saturated heterocycles. The second-order valence-corrected chi connectivity index (χ2v) is 9.87. The van der Waals surface area contributed by atoms with Gasteiger partial charge in [-0.25, -0.2) is 0 Å². The molecule has 3 N–H and O–H groups in total. The lowest BCUT2D eigenvalue weighted by Gasteiger charge is -2.41. The van der Waals surface area contributed by atoms with Crippen LogP contribution in [-0.4, -0.2) is 49.2 Å². The molecular formula is C27H35F3N4O. The number of amides is 1. The number of rotatable bonds is 7. The quantitative estimate of drug-likeness (QED) is 0.474. The molecule has 1 saturated carbocycles. The lowest BCUT2D eigenvalue weighted by Crippen LogP contribution is -2.49. The number of piperidine rings is 1. The van der Waals surface area contributed by atoms with Crippen molar-refractivity contribution in [3.05, 3.63) is 54.1 Å². The number of hydrogen-bond acceptors (Lipinski definition) is 4. The van der Waals surface area contributed by atoms with Crippen LogP contribution >= 0.6 is 0 Å². The van der Waals surface area contributed by atoms with Gasteiger partial charge in [0.25, 0.3) is 5.91 Å². The Morgan fingerprint density at radius 2 is 1.63 bits per heavy atom. The van der Waals surface area contributed by atoms with E-state index in [-0.39, 0.29) is 11.9 Å². The summed E-state index contributed by atoms with van der Waals surface area (Å²) in [5, 5.41) is 2.75. The fraction of sp³-hybridized carbons (Fsp3) is 0.519. The van der Waals surface area contributed by atoms with Crippen LogP contribution in [0.5, 0.6) is 0 Å². The van der Waals surface area contributed by atoms with E-state index in [2.05, 4.69) is 10.2 Å². The zero-order valence-electron chi connectivity index (χ0n) is 20.1. The van der Waals surface area contributed by atoms with Crippen LogP contribution in [0.4, 0.5) is 30.2 Å². The van der Waals surface area contributed by atoms with Crippen molar-refractivity contribution in [2.45, 2.75) is 57.2 Å². The highest BCUT2D eigenvalue weighted by Crippen LogP contribution is 2.30. The first kappa shape index (κ1) is 25.4.